The summed E-state index contributed by atoms with van der Waals surface area (Å²) in [6, 6.07) is 4.26. The van der Waals surface area contributed by atoms with Crippen LogP contribution in [-0.2, 0) is 24.3 Å². The first-order valence-corrected chi connectivity index (χ1v) is 10.00. The van der Waals surface area contributed by atoms with Gasteiger partial charge in [-0.15, -0.1) is 5.10 Å². The average Bonchev–Trinajstić information content (AvgIpc) is 3.58. The van der Waals surface area contributed by atoms with E-state index in [1.54, 1.807) is 6.20 Å². The zero-order chi connectivity index (χ0) is 17.3. The maximum absolute atomic E-state index is 6.09. The van der Waals surface area contributed by atoms with Gasteiger partial charge in [0.15, 0.2) is 0 Å². The van der Waals surface area contributed by atoms with E-state index in [0.717, 1.165) is 42.6 Å². The fourth-order valence-electron chi connectivity index (χ4n) is 3.94. The Morgan fingerprint density at radius 2 is 1.96 bits per heavy atom. The maximum Gasteiger partial charge on any atom is 0.105 e. The second-order valence-electron chi connectivity index (χ2n) is 8.13. The lowest BCUT2D eigenvalue weighted by Crippen LogP contribution is -2.39. The first kappa shape index (κ1) is 16.4. The van der Waals surface area contributed by atoms with Gasteiger partial charge < -0.3 is 4.74 Å². The molecule has 0 aromatic carbocycles. The Kier molecular flexibility index (Phi) is 4.46. The first-order chi connectivity index (χ1) is 12.9. The van der Waals surface area contributed by atoms with E-state index in [1.807, 2.05) is 12.3 Å². The Balaban J connectivity index is 1.30. The number of nitrogens with zero attached hydrogens (tertiary/aromatic N) is 5. The van der Waals surface area contributed by atoms with Crippen molar-refractivity contribution in [3.8, 4) is 0 Å². The van der Waals surface area contributed by atoms with E-state index in [-0.39, 0.29) is 6.04 Å². The minimum Gasteiger partial charge on any atom is -0.375 e. The predicted octanol–water partition coefficient (Wildman–Crippen LogP) is 2.61. The Hall–Kier alpha value is -1.79. The molecule has 6 nitrogen and oxygen atoms in total. The second-order valence-corrected chi connectivity index (χ2v) is 8.13. The van der Waals surface area contributed by atoms with Gasteiger partial charge in [-0.3, -0.25) is 9.88 Å². The van der Waals surface area contributed by atoms with Gasteiger partial charge in [-0.1, -0.05) is 11.3 Å². The summed E-state index contributed by atoms with van der Waals surface area (Å²) in [7, 11) is 0. The maximum atomic E-state index is 6.09. The largest absolute Gasteiger partial charge is 0.375 e. The molecule has 3 heterocycles. The van der Waals surface area contributed by atoms with Crippen LogP contribution in [0, 0.1) is 11.8 Å². The van der Waals surface area contributed by atoms with Crippen molar-refractivity contribution in [1.82, 2.24) is 24.9 Å². The topological polar surface area (TPSA) is 56.1 Å². The van der Waals surface area contributed by atoms with Crippen LogP contribution in [-0.4, -0.2) is 44.6 Å². The summed E-state index contributed by atoms with van der Waals surface area (Å²) in [5.74, 6) is 1.70. The fraction of sp³-hybridized carbons (Fsp3) is 0.650. The third kappa shape index (κ3) is 3.67. The van der Waals surface area contributed by atoms with Crippen LogP contribution in [0.25, 0.3) is 0 Å². The Bertz CT molecular complexity index is 738. The van der Waals surface area contributed by atoms with Crippen LogP contribution in [0.15, 0.2) is 24.5 Å². The van der Waals surface area contributed by atoms with Crippen molar-refractivity contribution in [2.45, 2.75) is 51.3 Å². The van der Waals surface area contributed by atoms with E-state index >= 15 is 0 Å². The van der Waals surface area contributed by atoms with Crippen molar-refractivity contribution in [1.29, 1.82) is 0 Å². The summed E-state index contributed by atoms with van der Waals surface area (Å²) in [5, 5.41) is 9.10. The van der Waals surface area contributed by atoms with Gasteiger partial charge in [0, 0.05) is 38.4 Å². The molecule has 5 rings (SSSR count). The van der Waals surface area contributed by atoms with E-state index < -0.39 is 0 Å². The molecule has 2 saturated carbocycles. The van der Waals surface area contributed by atoms with Gasteiger partial charge in [0.1, 0.15) is 5.69 Å². The Morgan fingerprint density at radius 3 is 2.73 bits per heavy atom. The lowest BCUT2D eigenvalue weighted by molar-refractivity contribution is 0.0402. The molecule has 0 amide bonds. The number of pyridine rings is 1. The summed E-state index contributed by atoms with van der Waals surface area (Å²) < 4.78 is 8.27. The summed E-state index contributed by atoms with van der Waals surface area (Å²) in [4.78, 5) is 6.75. The highest BCUT2D eigenvalue weighted by Gasteiger charge is 2.36. The molecule has 0 spiro atoms. The molecule has 2 aliphatic carbocycles. The zero-order valence-electron chi connectivity index (χ0n) is 15.3. The number of rotatable bonds is 8. The number of hydrogen-bond acceptors (Lipinski definition) is 5. The summed E-state index contributed by atoms with van der Waals surface area (Å²) in [5.41, 5.74) is 3.62. The number of ether oxygens (including phenoxy) is 1. The van der Waals surface area contributed by atoms with Crippen LogP contribution in [0.3, 0.4) is 0 Å². The SMILES string of the molecule is c1cncc(COCC2c3nnn(CC4CC4)c3CCN2CC2CC2)c1. The molecule has 138 valence electrons. The lowest BCUT2D eigenvalue weighted by atomic mass is 10.0. The number of fused-ring (bicyclic) bond motifs is 1. The monoisotopic (exact) mass is 353 g/mol. The van der Waals surface area contributed by atoms with Crippen LogP contribution < -0.4 is 0 Å². The van der Waals surface area contributed by atoms with Crippen molar-refractivity contribution >= 4 is 0 Å². The first-order valence-electron chi connectivity index (χ1n) is 10.00. The molecule has 26 heavy (non-hydrogen) atoms. The Morgan fingerprint density at radius 1 is 1.12 bits per heavy atom. The van der Waals surface area contributed by atoms with Gasteiger partial charge in [-0.2, -0.15) is 0 Å². The predicted molar refractivity (Wildman–Crippen MR) is 97.4 cm³/mol. The molecule has 0 bridgehead atoms. The molecule has 2 aromatic rings. The van der Waals surface area contributed by atoms with Crippen molar-refractivity contribution in [2.24, 2.45) is 11.8 Å². The van der Waals surface area contributed by atoms with Crippen molar-refractivity contribution in [2.75, 3.05) is 19.7 Å². The normalized spacial score (nSPS) is 23.2. The molecule has 1 atom stereocenters. The second kappa shape index (κ2) is 7.08. The highest BCUT2D eigenvalue weighted by Crippen LogP contribution is 2.36. The Labute approximate surface area is 154 Å². The summed E-state index contributed by atoms with van der Waals surface area (Å²) in [6.45, 7) is 4.61. The average molecular weight is 353 g/mol. The molecule has 0 radical (unpaired) electrons. The van der Waals surface area contributed by atoms with E-state index in [4.69, 9.17) is 4.74 Å². The van der Waals surface area contributed by atoms with Gasteiger partial charge in [-0.25, -0.2) is 4.68 Å². The van der Waals surface area contributed by atoms with Gasteiger partial charge in [0.05, 0.1) is 24.9 Å². The van der Waals surface area contributed by atoms with E-state index in [9.17, 15) is 0 Å². The number of aromatic nitrogens is 4. The number of hydrogen-bond donors (Lipinski definition) is 0. The molecule has 6 heteroatoms. The van der Waals surface area contributed by atoms with Crippen molar-refractivity contribution < 1.29 is 4.74 Å². The highest BCUT2D eigenvalue weighted by molar-refractivity contribution is 5.20. The molecule has 3 aliphatic rings. The molecule has 0 N–H and O–H groups in total. The van der Waals surface area contributed by atoms with Crippen LogP contribution in [0.1, 0.15) is 48.7 Å². The minimum absolute atomic E-state index is 0.240. The van der Waals surface area contributed by atoms with E-state index in [0.29, 0.717) is 13.2 Å². The van der Waals surface area contributed by atoms with Gasteiger partial charge in [0.25, 0.3) is 0 Å². The van der Waals surface area contributed by atoms with E-state index in [2.05, 4.69) is 30.9 Å². The minimum atomic E-state index is 0.240. The third-order valence-electron chi connectivity index (χ3n) is 5.84. The summed E-state index contributed by atoms with van der Waals surface area (Å²) >= 11 is 0. The van der Waals surface area contributed by atoms with Crippen LogP contribution >= 0.6 is 0 Å². The smallest absolute Gasteiger partial charge is 0.105 e. The molecular formula is C20H27N5O. The van der Waals surface area contributed by atoms with Crippen LogP contribution in [0.4, 0.5) is 0 Å². The van der Waals surface area contributed by atoms with Crippen molar-refractivity contribution in [3.63, 3.8) is 0 Å². The summed E-state index contributed by atoms with van der Waals surface area (Å²) in [6.07, 6.45) is 10.2. The molecular weight excluding hydrogens is 326 g/mol. The molecule has 0 saturated heterocycles. The quantitative estimate of drug-likeness (QED) is 0.730. The van der Waals surface area contributed by atoms with Crippen LogP contribution in [0.5, 0.6) is 0 Å². The molecule has 2 fully saturated rings. The molecule has 1 aliphatic heterocycles. The zero-order valence-corrected chi connectivity index (χ0v) is 15.3. The van der Waals surface area contributed by atoms with Gasteiger partial charge >= 0.3 is 0 Å². The van der Waals surface area contributed by atoms with Gasteiger partial charge in [0.2, 0.25) is 0 Å². The van der Waals surface area contributed by atoms with Crippen molar-refractivity contribution in [3.05, 3.63) is 41.5 Å². The fourth-order valence-corrected chi connectivity index (χ4v) is 3.94. The highest BCUT2D eigenvalue weighted by atomic mass is 16.5. The lowest BCUT2D eigenvalue weighted by Gasteiger charge is -2.34. The van der Waals surface area contributed by atoms with Crippen LogP contribution in [0.2, 0.25) is 0 Å². The molecule has 2 aromatic heterocycles. The van der Waals surface area contributed by atoms with Gasteiger partial charge in [-0.05, 0) is 49.1 Å². The van der Waals surface area contributed by atoms with E-state index in [1.165, 1.54) is 37.9 Å². The third-order valence-corrected chi connectivity index (χ3v) is 5.84. The molecule has 1 unspecified atom stereocenters. The standard InChI is InChI=1S/C20H27N5O/c1-2-17(10-21-8-1)13-26-14-19-20-18(7-9-24(19)11-15-3-4-15)25(23-22-20)12-16-5-6-16/h1-2,8,10,15-16,19H,3-7,9,11-14H2.